The smallest absolute Gasteiger partial charge is 0.238 e. The van der Waals surface area contributed by atoms with Crippen LogP contribution in [0.3, 0.4) is 0 Å². The van der Waals surface area contributed by atoms with Crippen molar-refractivity contribution < 1.29 is 9.59 Å². The molecule has 1 aliphatic carbocycles. The monoisotopic (exact) mass is 415 g/mol. The van der Waals surface area contributed by atoms with Crippen molar-refractivity contribution in [1.82, 2.24) is 15.2 Å². The molecule has 0 bridgehead atoms. The van der Waals surface area contributed by atoms with Crippen LogP contribution < -0.4 is 10.6 Å². The fourth-order valence-corrected chi connectivity index (χ4v) is 4.54. The zero-order valence-corrected chi connectivity index (χ0v) is 17.3. The number of terminal acetylenes is 1. The second kappa shape index (κ2) is 9.16. The fraction of sp³-hybridized carbons (Fsp3) is 0.417. The summed E-state index contributed by atoms with van der Waals surface area (Å²) in [6, 6.07) is 13.0. The number of hydrogen-bond donors (Lipinski definition) is 2. The topological polar surface area (TPSA) is 98.1 Å². The fourth-order valence-electron chi connectivity index (χ4n) is 4.54. The van der Waals surface area contributed by atoms with E-state index < -0.39 is 6.04 Å². The number of fused-ring (bicyclic) bond motifs is 1. The first-order valence-corrected chi connectivity index (χ1v) is 10.7. The van der Waals surface area contributed by atoms with Gasteiger partial charge in [-0.05, 0) is 50.3 Å². The van der Waals surface area contributed by atoms with Crippen LogP contribution in [0.1, 0.15) is 32.1 Å². The molecule has 2 aromatic rings. The third-order valence-corrected chi connectivity index (χ3v) is 6.21. The van der Waals surface area contributed by atoms with Crippen molar-refractivity contribution in [2.75, 3.05) is 11.9 Å². The summed E-state index contributed by atoms with van der Waals surface area (Å²) in [6.45, 7) is 0.127. The van der Waals surface area contributed by atoms with E-state index in [1.165, 1.54) is 4.90 Å². The normalized spacial score (nSPS) is 25.2. The lowest BCUT2D eigenvalue weighted by atomic mass is 10.1. The molecule has 2 heterocycles. The summed E-state index contributed by atoms with van der Waals surface area (Å²) in [7, 11) is 0. The van der Waals surface area contributed by atoms with Gasteiger partial charge in [0.05, 0.1) is 24.2 Å². The van der Waals surface area contributed by atoms with Crippen LogP contribution in [-0.2, 0) is 9.59 Å². The first-order chi connectivity index (χ1) is 15.1. The molecule has 1 saturated carbocycles. The molecule has 158 valence electrons. The Bertz CT molecular complexity index is 1050. The number of nitrogens with zero attached hydrogens (tertiary/aromatic N) is 3. The molecular weight excluding hydrogens is 390 g/mol. The van der Waals surface area contributed by atoms with Gasteiger partial charge in [-0.3, -0.25) is 9.59 Å². The summed E-state index contributed by atoms with van der Waals surface area (Å²) in [5, 5.41) is 16.5. The summed E-state index contributed by atoms with van der Waals surface area (Å²) < 4.78 is 0. The molecule has 4 rings (SSSR count). The summed E-state index contributed by atoms with van der Waals surface area (Å²) in [5.41, 5.74) is 0.840. The Morgan fingerprint density at radius 1 is 1.13 bits per heavy atom. The molecule has 2 aliphatic rings. The number of nitrogens with one attached hydrogen (secondary N) is 2. The zero-order chi connectivity index (χ0) is 21.8. The van der Waals surface area contributed by atoms with E-state index in [1.807, 2.05) is 36.4 Å². The second-order valence-corrected chi connectivity index (χ2v) is 8.17. The molecule has 7 heteroatoms. The van der Waals surface area contributed by atoms with Gasteiger partial charge in [0.25, 0.3) is 0 Å². The number of amides is 2. The van der Waals surface area contributed by atoms with Gasteiger partial charge in [0, 0.05) is 17.3 Å². The number of carbonyl (C=O) groups is 2. The van der Waals surface area contributed by atoms with E-state index >= 15 is 0 Å². The van der Waals surface area contributed by atoms with Crippen LogP contribution in [0, 0.1) is 29.6 Å². The molecule has 2 amide bonds. The van der Waals surface area contributed by atoms with Gasteiger partial charge in [0.15, 0.2) is 0 Å². The Balaban J connectivity index is 1.29. The molecule has 7 nitrogen and oxygen atoms in total. The van der Waals surface area contributed by atoms with Crippen molar-refractivity contribution in [3.8, 4) is 18.4 Å². The number of rotatable bonds is 5. The van der Waals surface area contributed by atoms with Gasteiger partial charge in [-0.1, -0.05) is 24.1 Å². The molecule has 0 unspecified atom stereocenters. The molecule has 2 N–H and O–H groups in total. The molecule has 0 spiro atoms. The maximum Gasteiger partial charge on any atom is 0.238 e. The minimum absolute atomic E-state index is 0.0464. The zero-order valence-electron chi connectivity index (χ0n) is 17.3. The lowest BCUT2D eigenvalue weighted by Crippen LogP contribution is -2.46. The number of likely N-dealkylation sites (tertiary alicyclic amines) is 1. The number of anilines is 1. The van der Waals surface area contributed by atoms with Crippen LogP contribution >= 0.6 is 0 Å². The van der Waals surface area contributed by atoms with Crippen molar-refractivity contribution in [3.05, 3.63) is 36.4 Å². The molecular formula is C24H25N5O2. The van der Waals surface area contributed by atoms with E-state index in [4.69, 9.17) is 6.42 Å². The number of hydrogen-bond acceptors (Lipinski definition) is 5. The lowest BCUT2D eigenvalue weighted by molar-refractivity contribution is -0.131. The maximum absolute atomic E-state index is 12.7. The van der Waals surface area contributed by atoms with Gasteiger partial charge < -0.3 is 15.5 Å². The van der Waals surface area contributed by atoms with Crippen LogP contribution in [0.25, 0.3) is 10.9 Å². The number of benzene rings is 1. The van der Waals surface area contributed by atoms with Crippen LogP contribution in [0.4, 0.5) is 5.82 Å². The molecule has 31 heavy (non-hydrogen) atoms. The maximum atomic E-state index is 12.7. The predicted molar refractivity (Wildman–Crippen MR) is 118 cm³/mol. The minimum Gasteiger partial charge on any atom is -0.312 e. The van der Waals surface area contributed by atoms with Gasteiger partial charge in [-0.2, -0.15) is 5.26 Å². The highest BCUT2D eigenvalue weighted by atomic mass is 16.2. The Hall–Kier alpha value is -3.42. The second-order valence-electron chi connectivity index (χ2n) is 8.17. The highest BCUT2D eigenvalue weighted by Gasteiger charge is 2.36. The van der Waals surface area contributed by atoms with E-state index in [2.05, 4.69) is 27.6 Å². The molecule has 1 aromatic carbocycles. The van der Waals surface area contributed by atoms with Gasteiger partial charge in [-0.15, -0.1) is 6.42 Å². The molecule has 0 radical (unpaired) electrons. The first-order valence-electron chi connectivity index (χ1n) is 10.7. The van der Waals surface area contributed by atoms with Gasteiger partial charge >= 0.3 is 0 Å². The number of para-hydroxylation sites is 1. The first kappa shape index (κ1) is 20.8. The van der Waals surface area contributed by atoms with Gasteiger partial charge in [0.1, 0.15) is 11.9 Å². The Morgan fingerprint density at radius 2 is 1.94 bits per heavy atom. The quantitative estimate of drug-likeness (QED) is 0.731. The van der Waals surface area contributed by atoms with E-state index in [-0.39, 0.29) is 36.4 Å². The van der Waals surface area contributed by atoms with E-state index in [0.717, 1.165) is 23.7 Å². The average molecular weight is 415 g/mol. The number of pyridine rings is 1. The minimum atomic E-state index is -0.452. The highest BCUT2D eigenvalue weighted by molar-refractivity contribution is 5.93. The van der Waals surface area contributed by atoms with Crippen molar-refractivity contribution in [3.63, 3.8) is 0 Å². The summed E-state index contributed by atoms with van der Waals surface area (Å²) in [4.78, 5) is 31.4. The summed E-state index contributed by atoms with van der Waals surface area (Å²) in [6.07, 6.45) is 9.03. The summed E-state index contributed by atoms with van der Waals surface area (Å²) >= 11 is 0. The average Bonchev–Trinajstić information content (AvgIpc) is 3.44. The SMILES string of the molecule is C#C[C@H]1CC[C@@H](C#N)N1C(=O)CN[C@@H]1CC[C@H](C(=O)Nc2ccc3ccccc3n2)C1. The highest BCUT2D eigenvalue weighted by Crippen LogP contribution is 2.28. The van der Waals surface area contributed by atoms with Crippen LogP contribution in [0.2, 0.25) is 0 Å². The van der Waals surface area contributed by atoms with E-state index in [0.29, 0.717) is 25.1 Å². The van der Waals surface area contributed by atoms with E-state index in [9.17, 15) is 14.9 Å². The third kappa shape index (κ3) is 4.52. The van der Waals surface area contributed by atoms with Gasteiger partial charge in [-0.25, -0.2) is 4.98 Å². The van der Waals surface area contributed by atoms with Crippen molar-refractivity contribution in [2.24, 2.45) is 5.92 Å². The van der Waals surface area contributed by atoms with Crippen LogP contribution in [0.5, 0.6) is 0 Å². The molecule has 1 saturated heterocycles. The Kier molecular flexibility index (Phi) is 6.16. The Labute approximate surface area is 181 Å². The predicted octanol–water partition coefficient (Wildman–Crippen LogP) is 2.45. The summed E-state index contributed by atoms with van der Waals surface area (Å²) in [5.74, 6) is 2.83. The molecule has 4 atom stereocenters. The molecule has 1 aromatic heterocycles. The van der Waals surface area contributed by atoms with Crippen LogP contribution in [0.15, 0.2) is 36.4 Å². The number of carbonyl (C=O) groups excluding carboxylic acids is 2. The van der Waals surface area contributed by atoms with Crippen molar-refractivity contribution in [2.45, 2.75) is 50.2 Å². The van der Waals surface area contributed by atoms with Crippen molar-refractivity contribution >= 4 is 28.5 Å². The molecule has 2 fully saturated rings. The third-order valence-electron chi connectivity index (χ3n) is 6.21. The largest absolute Gasteiger partial charge is 0.312 e. The standard InChI is InChI=1S/C24H25N5O2/c1-2-19-10-11-20(14-25)29(19)23(30)15-26-18-9-7-17(13-18)24(31)28-22-12-8-16-5-3-4-6-21(16)27-22/h1,3-6,8,12,17-20,26H,7,9-11,13,15H2,(H,27,28,31)/t17-,18+,19-,20-/m0/s1. The van der Waals surface area contributed by atoms with E-state index in [1.54, 1.807) is 0 Å². The number of nitriles is 1. The molecule has 1 aliphatic heterocycles. The Morgan fingerprint density at radius 3 is 2.74 bits per heavy atom. The van der Waals surface area contributed by atoms with Gasteiger partial charge in [0.2, 0.25) is 11.8 Å². The number of aromatic nitrogens is 1. The van der Waals surface area contributed by atoms with Crippen molar-refractivity contribution in [1.29, 1.82) is 5.26 Å². The van der Waals surface area contributed by atoms with Crippen LogP contribution in [-0.4, -0.2) is 46.4 Å². The lowest BCUT2D eigenvalue weighted by Gasteiger charge is -2.25.